The summed E-state index contributed by atoms with van der Waals surface area (Å²) < 4.78 is 0. The van der Waals surface area contributed by atoms with Gasteiger partial charge in [0.25, 0.3) is 0 Å². The van der Waals surface area contributed by atoms with Gasteiger partial charge in [-0.15, -0.1) is 0 Å². The molecule has 0 aliphatic rings. The van der Waals surface area contributed by atoms with Gasteiger partial charge in [-0.1, -0.05) is 18.0 Å². The number of carbonyl (C=O) groups excluding carboxylic acids is 2. The molecule has 2 N–H and O–H groups in total. The number of carbonyl (C=O) groups is 2. The fourth-order valence-electron chi connectivity index (χ4n) is 2.02. The number of hydrogen-bond acceptors (Lipinski definition) is 3. The number of nitrogens with zero attached hydrogens (tertiary/aromatic N) is 1. The highest BCUT2D eigenvalue weighted by Crippen LogP contribution is 2.27. The van der Waals surface area contributed by atoms with E-state index >= 15 is 0 Å². The molecule has 1 aromatic carbocycles. The number of anilines is 2. The van der Waals surface area contributed by atoms with Gasteiger partial charge >= 0.3 is 0 Å². The molecule has 2 amide bonds. The molecular formula is C16H24ClN3O2. The van der Waals surface area contributed by atoms with Gasteiger partial charge in [0.1, 0.15) is 0 Å². The van der Waals surface area contributed by atoms with Crippen LogP contribution in [0.2, 0.25) is 5.02 Å². The summed E-state index contributed by atoms with van der Waals surface area (Å²) in [6.45, 7) is 2.17. The molecule has 0 heterocycles. The van der Waals surface area contributed by atoms with Gasteiger partial charge in [-0.2, -0.15) is 0 Å². The number of rotatable bonds is 8. The molecule has 0 aliphatic carbocycles. The van der Waals surface area contributed by atoms with Crippen molar-refractivity contribution in [3.05, 3.63) is 23.2 Å². The van der Waals surface area contributed by atoms with Crippen molar-refractivity contribution in [2.24, 2.45) is 0 Å². The zero-order chi connectivity index (χ0) is 16.5. The first-order chi connectivity index (χ1) is 10.4. The van der Waals surface area contributed by atoms with Gasteiger partial charge in [-0.05, 0) is 31.0 Å². The van der Waals surface area contributed by atoms with Crippen molar-refractivity contribution in [2.75, 3.05) is 30.9 Å². The third-order valence-corrected chi connectivity index (χ3v) is 3.47. The zero-order valence-electron chi connectivity index (χ0n) is 13.4. The predicted octanol–water partition coefficient (Wildman–Crippen LogP) is 3.04. The summed E-state index contributed by atoms with van der Waals surface area (Å²) in [6, 6.07) is 5.48. The summed E-state index contributed by atoms with van der Waals surface area (Å²) in [4.78, 5) is 24.5. The highest BCUT2D eigenvalue weighted by molar-refractivity contribution is 6.33. The minimum Gasteiger partial charge on any atom is -0.376 e. The van der Waals surface area contributed by atoms with Crippen molar-refractivity contribution in [1.82, 2.24) is 5.32 Å². The van der Waals surface area contributed by atoms with Crippen LogP contribution in [0.1, 0.15) is 32.6 Å². The van der Waals surface area contributed by atoms with E-state index in [0.29, 0.717) is 23.7 Å². The van der Waals surface area contributed by atoms with Crippen LogP contribution in [0.15, 0.2) is 18.2 Å². The Morgan fingerprint density at radius 3 is 2.50 bits per heavy atom. The van der Waals surface area contributed by atoms with Crippen molar-refractivity contribution in [3.63, 3.8) is 0 Å². The van der Waals surface area contributed by atoms with Crippen molar-refractivity contribution in [3.8, 4) is 0 Å². The van der Waals surface area contributed by atoms with Crippen LogP contribution in [0, 0.1) is 0 Å². The maximum absolute atomic E-state index is 11.8. The van der Waals surface area contributed by atoms with Crippen molar-refractivity contribution in [1.29, 1.82) is 0 Å². The molecule has 0 bridgehead atoms. The fraction of sp³-hybridized carbons (Fsp3) is 0.500. The predicted molar refractivity (Wildman–Crippen MR) is 91.6 cm³/mol. The van der Waals surface area contributed by atoms with Crippen molar-refractivity contribution in [2.45, 2.75) is 32.6 Å². The molecule has 5 nitrogen and oxygen atoms in total. The minimum atomic E-state index is -0.0202. The standard InChI is InChI=1S/C16H24ClN3O2/c1-12(21)18-10-6-4-5-7-16(22)19-13-8-9-15(20(2)3)14(17)11-13/h8-9,11H,4-7,10H2,1-3H3,(H,18,21)(H,19,22). The molecule has 122 valence electrons. The van der Waals surface area contributed by atoms with Crippen molar-refractivity contribution < 1.29 is 9.59 Å². The van der Waals surface area contributed by atoms with Crippen LogP contribution >= 0.6 is 11.6 Å². The summed E-state index contributed by atoms with van der Waals surface area (Å²) in [7, 11) is 3.83. The van der Waals surface area contributed by atoms with E-state index in [1.54, 1.807) is 6.07 Å². The second-order valence-corrected chi connectivity index (χ2v) is 5.81. The van der Waals surface area contributed by atoms with E-state index in [-0.39, 0.29) is 11.8 Å². The largest absolute Gasteiger partial charge is 0.376 e. The van der Waals surface area contributed by atoms with E-state index in [0.717, 1.165) is 24.9 Å². The second-order valence-electron chi connectivity index (χ2n) is 5.40. The average molecular weight is 326 g/mol. The van der Waals surface area contributed by atoms with Gasteiger partial charge in [-0.25, -0.2) is 0 Å². The molecule has 6 heteroatoms. The van der Waals surface area contributed by atoms with Crippen LogP contribution in [0.25, 0.3) is 0 Å². The van der Waals surface area contributed by atoms with Crippen molar-refractivity contribution >= 4 is 34.8 Å². The summed E-state index contributed by atoms with van der Waals surface area (Å²) in [5.74, 6) is -0.0380. The Kier molecular flexibility index (Phi) is 7.74. The van der Waals surface area contributed by atoms with E-state index in [9.17, 15) is 9.59 Å². The highest BCUT2D eigenvalue weighted by atomic mass is 35.5. The molecule has 0 saturated carbocycles. The Labute approximate surface area is 137 Å². The Balaban J connectivity index is 2.30. The Morgan fingerprint density at radius 1 is 1.18 bits per heavy atom. The summed E-state index contributed by atoms with van der Waals surface area (Å²) in [6.07, 6.45) is 3.06. The lowest BCUT2D eigenvalue weighted by Gasteiger charge is -2.15. The Hall–Kier alpha value is -1.75. The number of amides is 2. The molecule has 0 fully saturated rings. The SMILES string of the molecule is CC(=O)NCCCCCC(=O)Nc1ccc(N(C)C)c(Cl)c1. The highest BCUT2D eigenvalue weighted by Gasteiger charge is 2.06. The summed E-state index contributed by atoms with van der Waals surface area (Å²) >= 11 is 6.17. The zero-order valence-corrected chi connectivity index (χ0v) is 14.2. The molecule has 0 unspecified atom stereocenters. The van der Waals surface area contributed by atoms with Gasteiger partial charge < -0.3 is 15.5 Å². The monoisotopic (exact) mass is 325 g/mol. The Morgan fingerprint density at radius 2 is 1.91 bits per heavy atom. The van der Waals surface area contributed by atoms with E-state index in [1.165, 1.54) is 6.92 Å². The molecule has 1 rings (SSSR count). The molecule has 0 spiro atoms. The Bertz CT molecular complexity index is 518. The first-order valence-corrected chi connectivity index (χ1v) is 7.79. The van der Waals surface area contributed by atoms with Gasteiger partial charge in [0, 0.05) is 39.7 Å². The van der Waals surface area contributed by atoms with E-state index < -0.39 is 0 Å². The maximum atomic E-state index is 11.8. The number of halogens is 1. The molecule has 1 aromatic rings. The third-order valence-electron chi connectivity index (χ3n) is 3.17. The number of benzene rings is 1. The number of unbranched alkanes of at least 4 members (excludes halogenated alkanes) is 2. The van der Waals surface area contributed by atoms with Gasteiger partial charge in [0.15, 0.2) is 0 Å². The normalized spacial score (nSPS) is 10.2. The lowest BCUT2D eigenvalue weighted by Crippen LogP contribution is -2.20. The van der Waals surface area contributed by atoms with E-state index in [2.05, 4.69) is 10.6 Å². The van der Waals surface area contributed by atoms with Crippen LogP contribution in [0.5, 0.6) is 0 Å². The second kappa shape index (κ2) is 9.30. The van der Waals surface area contributed by atoms with Crippen LogP contribution in [-0.4, -0.2) is 32.5 Å². The minimum absolute atomic E-state index is 0.0178. The smallest absolute Gasteiger partial charge is 0.224 e. The molecule has 0 atom stereocenters. The van der Waals surface area contributed by atoms with Crippen LogP contribution < -0.4 is 15.5 Å². The lowest BCUT2D eigenvalue weighted by atomic mass is 10.2. The molecular weight excluding hydrogens is 302 g/mol. The molecule has 22 heavy (non-hydrogen) atoms. The lowest BCUT2D eigenvalue weighted by molar-refractivity contribution is -0.119. The first-order valence-electron chi connectivity index (χ1n) is 7.41. The first kappa shape index (κ1) is 18.3. The summed E-state index contributed by atoms with van der Waals surface area (Å²) in [5, 5.41) is 6.19. The van der Waals surface area contributed by atoms with Crippen LogP contribution in [-0.2, 0) is 9.59 Å². The molecule has 0 saturated heterocycles. The van der Waals surface area contributed by atoms with E-state index in [4.69, 9.17) is 11.6 Å². The number of nitrogens with one attached hydrogen (secondary N) is 2. The average Bonchev–Trinajstić information content (AvgIpc) is 2.42. The topological polar surface area (TPSA) is 61.4 Å². The van der Waals surface area contributed by atoms with Gasteiger partial charge in [0.2, 0.25) is 11.8 Å². The van der Waals surface area contributed by atoms with Crippen LogP contribution in [0.3, 0.4) is 0 Å². The molecule has 0 aromatic heterocycles. The quantitative estimate of drug-likeness (QED) is 0.722. The fourth-order valence-corrected chi connectivity index (χ4v) is 2.37. The van der Waals surface area contributed by atoms with Crippen LogP contribution in [0.4, 0.5) is 11.4 Å². The summed E-state index contributed by atoms with van der Waals surface area (Å²) in [5.41, 5.74) is 1.62. The van der Waals surface area contributed by atoms with Gasteiger partial charge in [0.05, 0.1) is 10.7 Å². The molecule has 0 radical (unpaired) electrons. The molecule has 0 aliphatic heterocycles. The third kappa shape index (κ3) is 6.80. The van der Waals surface area contributed by atoms with Gasteiger partial charge in [-0.3, -0.25) is 9.59 Å². The maximum Gasteiger partial charge on any atom is 0.224 e. The number of hydrogen-bond donors (Lipinski definition) is 2. The van der Waals surface area contributed by atoms with E-state index in [1.807, 2.05) is 31.1 Å².